The van der Waals surface area contributed by atoms with E-state index in [1.54, 1.807) is 26.8 Å². The topological polar surface area (TPSA) is 96.0 Å². The van der Waals surface area contributed by atoms with Crippen LogP contribution in [0.15, 0.2) is 48.6 Å². The highest BCUT2D eigenvalue weighted by Gasteiger charge is 2.64. The standard InChI is InChI=1S/C22H26O7/c1-8-11(3)20(25)29-19-18-15(13(5)21(26)28-18)17(27-14(6)24)16(12(4)10-23)22(19,7)9-2/h8-10,15-19H,2,4-5H2,1,3,6-7H3/b11-8-/t15-,16-,17-,18-,19-,22+/m1/s1. The van der Waals surface area contributed by atoms with Crippen LogP contribution in [0.1, 0.15) is 27.7 Å². The summed E-state index contributed by atoms with van der Waals surface area (Å²) in [6, 6.07) is 0. The predicted octanol–water partition coefficient (Wildman–Crippen LogP) is 2.47. The van der Waals surface area contributed by atoms with Gasteiger partial charge in [0.05, 0.1) is 5.92 Å². The molecular weight excluding hydrogens is 376 g/mol. The van der Waals surface area contributed by atoms with Crippen molar-refractivity contribution in [1.82, 2.24) is 0 Å². The van der Waals surface area contributed by atoms with Crippen molar-refractivity contribution in [1.29, 1.82) is 0 Å². The Bertz CT molecular complexity index is 821. The molecule has 1 saturated carbocycles. The first-order valence-electron chi connectivity index (χ1n) is 9.21. The first-order valence-corrected chi connectivity index (χ1v) is 9.21. The molecule has 7 nitrogen and oxygen atoms in total. The fraction of sp³-hybridized carbons (Fsp3) is 0.455. The summed E-state index contributed by atoms with van der Waals surface area (Å²) < 4.78 is 16.8. The lowest BCUT2D eigenvalue weighted by Gasteiger charge is -2.52. The number of fused-ring (bicyclic) bond motifs is 1. The lowest BCUT2D eigenvalue weighted by molar-refractivity contribution is -0.197. The number of allylic oxidation sites excluding steroid dienone is 1. The quantitative estimate of drug-likeness (QED) is 0.221. The van der Waals surface area contributed by atoms with Crippen LogP contribution in [-0.4, -0.2) is 42.5 Å². The van der Waals surface area contributed by atoms with Gasteiger partial charge >= 0.3 is 17.9 Å². The van der Waals surface area contributed by atoms with Crippen LogP contribution in [0.25, 0.3) is 0 Å². The molecule has 0 bridgehead atoms. The molecule has 7 heteroatoms. The third-order valence-corrected chi connectivity index (χ3v) is 5.81. The summed E-state index contributed by atoms with van der Waals surface area (Å²) in [5.74, 6) is -3.48. The van der Waals surface area contributed by atoms with Gasteiger partial charge in [-0.15, -0.1) is 6.58 Å². The summed E-state index contributed by atoms with van der Waals surface area (Å²) in [5.41, 5.74) is -0.551. The molecule has 0 aromatic rings. The van der Waals surface area contributed by atoms with E-state index in [0.29, 0.717) is 11.9 Å². The van der Waals surface area contributed by atoms with E-state index < -0.39 is 53.5 Å². The third kappa shape index (κ3) is 3.69. The number of hydrogen-bond donors (Lipinski definition) is 0. The zero-order chi connectivity index (χ0) is 22.1. The molecule has 29 heavy (non-hydrogen) atoms. The number of esters is 3. The summed E-state index contributed by atoms with van der Waals surface area (Å²) in [5, 5.41) is 0. The molecule has 156 valence electrons. The molecule has 6 atom stereocenters. The molecule has 0 radical (unpaired) electrons. The number of carbonyl (C=O) groups excluding carboxylic acids is 4. The highest BCUT2D eigenvalue weighted by atomic mass is 16.6. The second-order valence-electron chi connectivity index (χ2n) is 7.53. The maximum Gasteiger partial charge on any atom is 0.334 e. The van der Waals surface area contributed by atoms with Crippen molar-refractivity contribution in [3.8, 4) is 0 Å². The molecule has 2 aliphatic rings. The van der Waals surface area contributed by atoms with Crippen LogP contribution < -0.4 is 0 Å². The summed E-state index contributed by atoms with van der Waals surface area (Å²) in [7, 11) is 0. The second kappa shape index (κ2) is 8.19. The SMILES string of the molecule is C=C[C@]1(C)[C@H](OC(=O)/C(C)=C\C)[C@@H]2OC(=O)C(=C)[C@@H]2[C@@H](OC(C)=O)[C@H]1C(=C)C=O. The van der Waals surface area contributed by atoms with Crippen LogP contribution in [0.3, 0.4) is 0 Å². The van der Waals surface area contributed by atoms with E-state index in [9.17, 15) is 19.2 Å². The third-order valence-electron chi connectivity index (χ3n) is 5.81. The van der Waals surface area contributed by atoms with Crippen LogP contribution in [0.5, 0.6) is 0 Å². The number of rotatable bonds is 6. The molecule has 0 N–H and O–H groups in total. The molecule has 1 aliphatic heterocycles. The van der Waals surface area contributed by atoms with Crippen LogP contribution >= 0.6 is 0 Å². The zero-order valence-electron chi connectivity index (χ0n) is 17.1. The molecule has 0 aromatic heterocycles. The van der Waals surface area contributed by atoms with Gasteiger partial charge in [-0.3, -0.25) is 9.59 Å². The smallest absolute Gasteiger partial charge is 0.334 e. The van der Waals surface area contributed by atoms with Gasteiger partial charge in [-0.1, -0.05) is 32.2 Å². The minimum Gasteiger partial charge on any atom is -0.461 e. The molecule has 1 heterocycles. The van der Waals surface area contributed by atoms with Crippen molar-refractivity contribution in [2.45, 2.75) is 46.0 Å². The van der Waals surface area contributed by atoms with Gasteiger partial charge in [-0.05, 0) is 19.4 Å². The molecule has 0 unspecified atom stereocenters. The maximum atomic E-state index is 12.5. The Morgan fingerprint density at radius 2 is 1.86 bits per heavy atom. The number of carbonyl (C=O) groups is 4. The molecule has 0 amide bonds. The van der Waals surface area contributed by atoms with Crippen molar-refractivity contribution in [2.75, 3.05) is 0 Å². The van der Waals surface area contributed by atoms with Crippen LogP contribution in [0, 0.1) is 17.3 Å². The lowest BCUT2D eigenvalue weighted by Crippen LogP contribution is -2.61. The highest BCUT2D eigenvalue weighted by Crippen LogP contribution is 2.54. The Morgan fingerprint density at radius 3 is 2.34 bits per heavy atom. The number of aldehydes is 1. The van der Waals surface area contributed by atoms with Gasteiger partial charge in [0.15, 0.2) is 6.10 Å². The fourth-order valence-corrected chi connectivity index (χ4v) is 4.11. The molecule has 1 saturated heterocycles. The minimum absolute atomic E-state index is 0.0832. The van der Waals surface area contributed by atoms with Gasteiger partial charge in [0.25, 0.3) is 0 Å². The zero-order valence-corrected chi connectivity index (χ0v) is 17.1. The van der Waals surface area contributed by atoms with E-state index >= 15 is 0 Å². The van der Waals surface area contributed by atoms with Gasteiger partial charge in [0, 0.05) is 29.4 Å². The molecule has 2 fully saturated rings. The van der Waals surface area contributed by atoms with Crippen molar-refractivity contribution < 1.29 is 33.4 Å². The van der Waals surface area contributed by atoms with Crippen LogP contribution in [0.4, 0.5) is 0 Å². The second-order valence-corrected chi connectivity index (χ2v) is 7.53. The Balaban J connectivity index is 2.68. The van der Waals surface area contributed by atoms with Crippen molar-refractivity contribution >= 4 is 24.2 Å². The van der Waals surface area contributed by atoms with Gasteiger partial charge in [-0.25, -0.2) is 9.59 Å². The number of ether oxygens (including phenoxy) is 3. The van der Waals surface area contributed by atoms with Crippen LogP contribution in [-0.2, 0) is 33.4 Å². The minimum atomic E-state index is -1.12. The molecular formula is C22H26O7. The Kier molecular flexibility index (Phi) is 6.30. The van der Waals surface area contributed by atoms with E-state index in [2.05, 4.69) is 19.7 Å². The normalized spacial score (nSPS) is 33.9. The van der Waals surface area contributed by atoms with Gasteiger partial charge in [-0.2, -0.15) is 0 Å². The lowest BCUT2D eigenvalue weighted by atomic mass is 9.57. The Morgan fingerprint density at radius 1 is 1.24 bits per heavy atom. The van der Waals surface area contributed by atoms with Crippen LogP contribution in [0.2, 0.25) is 0 Å². The van der Waals surface area contributed by atoms with Gasteiger partial charge in [0.1, 0.15) is 18.5 Å². The molecule has 0 spiro atoms. The first kappa shape index (κ1) is 22.3. The monoisotopic (exact) mass is 402 g/mol. The molecule has 2 rings (SSSR count). The van der Waals surface area contributed by atoms with E-state index in [0.717, 1.165) is 0 Å². The Hall–Kier alpha value is -2.96. The highest BCUT2D eigenvalue weighted by molar-refractivity contribution is 5.92. The van der Waals surface area contributed by atoms with E-state index in [1.165, 1.54) is 13.0 Å². The Labute approximate surface area is 170 Å². The summed E-state index contributed by atoms with van der Waals surface area (Å²) >= 11 is 0. The number of hydrogen-bond acceptors (Lipinski definition) is 7. The van der Waals surface area contributed by atoms with E-state index in [1.807, 2.05) is 0 Å². The van der Waals surface area contributed by atoms with E-state index in [-0.39, 0.29) is 11.1 Å². The van der Waals surface area contributed by atoms with Crippen molar-refractivity contribution in [2.24, 2.45) is 17.3 Å². The molecule has 1 aliphatic carbocycles. The maximum absolute atomic E-state index is 12.5. The summed E-state index contributed by atoms with van der Waals surface area (Å²) in [6.45, 7) is 17.6. The van der Waals surface area contributed by atoms with Crippen molar-refractivity contribution in [3.05, 3.63) is 48.6 Å². The average Bonchev–Trinajstić information content (AvgIpc) is 2.97. The van der Waals surface area contributed by atoms with Gasteiger partial charge in [0.2, 0.25) is 0 Å². The fourth-order valence-electron chi connectivity index (χ4n) is 4.11. The average molecular weight is 402 g/mol. The summed E-state index contributed by atoms with van der Waals surface area (Å²) in [4.78, 5) is 48.3. The predicted molar refractivity (Wildman–Crippen MR) is 104 cm³/mol. The van der Waals surface area contributed by atoms with E-state index in [4.69, 9.17) is 14.2 Å². The first-order chi connectivity index (χ1) is 13.5. The van der Waals surface area contributed by atoms with Crippen molar-refractivity contribution in [3.63, 3.8) is 0 Å². The summed E-state index contributed by atoms with van der Waals surface area (Å²) in [6.07, 6.45) is 0.749. The molecule has 0 aromatic carbocycles. The van der Waals surface area contributed by atoms with Gasteiger partial charge < -0.3 is 14.2 Å². The largest absolute Gasteiger partial charge is 0.461 e.